The van der Waals surface area contributed by atoms with Crippen molar-refractivity contribution in [1.82, 2.24) is 14.8 Å². The van der Waals surface area contributed by atoms with Crippen LogP contribution in [0.2, 0.25) is 0 Å². The Bertz CT molecular complexity index is 1580. The molecular formula is C27H22FN3O4. The first-order valence-corrected chi connectivity index (χ1v) is 11.4. The van der Waals surface area contributed by atoms with E-state index in [-0.39, 0.29) is 23.0 Å². The van der Waals surface area contributed by atoms with Crippen LogP contribution in [0.5, 0.6) is 5.75 Å². The number of ether oxygens (including phenoxy) is 1. The highest BCUT2D eigenvalue weighted by Gasteiger charge is 2.29. The van der Waals surface area contributed by atoms with E-state index in [4.69, 9.17) is 4.74 Å². The summed E-state index contributed by atoms with van der Waals surface area (Å²) in [5.74, 6) is -1.67. The Kier molecular flexibility index (Phi) is 5.04. The molecule has 5 aromatic rings. The number of nitrogens with one attached hydrogen (secondary N) is 1. The zero-order chi connectivity index (χ0) is 24.1. The van der Waals surface area contributed by atoms with Crippen LogP contribution < -0.4 is 0 Å². The summed E-state index contributed by atoms with van der Waals surface area (Å²) in [5.41, 5.74) is 4.99. The second kappa shape index (κ2) is 8.25. The van der Waals surface area contributed by atoms with E-state index in [1.165, 1.54) is 24.3 Å². The number of fused-ring (bicyclic) bond motifs is 2. The molecule has 0 unspecified atom stereocenters. The SMILES string of the molecule is O=C(O)c1cc(-c2c(C3CCOCC3)n(-c3ccc(F)cc3)c3cc4cn[nH]c4cc23)ccc1O. The topological polar surface area (TPSA) is 100 Å². The second-order valence-electron chi connectivity index (χ2n) is 8.82. The zero-order valence-corrected chi connectivity index (χ0v) is 18.7. The van der Waals surface area contributed by atoms with Crippen molar-refractivity contribution < 1.29 is 24.1 Å². The van der Waals surface area contributed by atoms with Gasteiger partial charge in [0.25, 0.3) is 0 Å². The number of carboxylic acids is 1. The summed E-state index contributed by atoms with van der Waals surface area (Å²) in [6.45, 7) is 1.24. The molecule has 0 atom stereocenters. The molecule has 0 radical (unpaired) electrons. The Morgan fingerprint density at radius 3 is 2.60 bits per heavy atom. The van der Waals surface area contributed by atoms with E-state index in [0.717, 1.165) is 51.6 Å². The van der Waals surface area contributed by atoms with Gasteiger partial charge in [-0.3, -0.25) is 5.10 Å². The monoisotopic (exact) mass is 471 g/mol. The summed E-state index contributed by atoms with van der Waals surface area (Å²) in [4.78, 5) is 11.8. The van der Waals surface area contributed by atoms with Gasteiger partial charge < -0.3 is 19.5 Å². The van der Waals surface area contributed by atoms with Gasteiger partial charge in [0.15, 0.2) is 0 Å². The highest BCUT2D eigenvalue weighted by molar-refractivity contribution is 6.06. The fraction of sp³-hybridized carbons (Fsp3) is 0.185. The molecular weight excluding hydrogens is 449 g/mol. The van der Waals surface area contributed by atoms with Crippen molar-refractivity contribution in [3.05, 3.63) is 77.9 Å². The third-order valence-corrected chi connectivity index (χ3v) is 6.77. The molecule has 3 N–H and O–H groups in total. The fourth-order valence-corrected chi connectivity index (χ4v) is 5.14. The van der Waals surface area contributed by atoms with Crippen LogP contribution in [0.4, 0.5) is 4.39 Å². The summed E-state index contributed by atoms with van der Waals surface area (Å²) in [6, 6.07) is 15.1. The minimum absolute atomic E-state index is 0.134. The molecule has 1 saturated heterocycles. The Balaban J connectivity index is 1.75. The van der Waals surface area contributed by atoms with Gasteiger partial charge in [0.05, 0.1) is 17.2 Å². The molecule has 0 spiro atoms. The normalized spacial score (nSPS) is 14.7. The van der Waals surface area contributed by atoms with Crippen LogP contribution in [0, 0.1) is 5.82 Å². The van der Waals surface area contributed by atoms with Crippen molar-refractivity contribution in [3.8, 4) is 22.6 Å². The Hall–Kier alpha value is -4.17. The first-order valence-electron chi connectivity index (χ1n) is 11.4. The van der Waals surface area contributed by atoms with Gasteiger partial charge in [-0.25, -0.2) is 9.18 Å². The minimum atomic E-state index is -1.20. The molecule has 1 aliphatic rings. The van der Waals surface area contributed by atoms with Gasteiger partial charge in [0, 0.05) is 46.8 Å². The summed E-state index contributed by atoms with van der Waals surface area (Å²) < 4.78 is 21.6. The van der Waals surface area contributed by atoms with Gasteiger partial charge in [0.2, 0.25) is 0 Å². The number of phenols is 1. The number of rotatable bonds is 4. The van der Waals surface area contributed by atoms with Crippen molar-refractivity contribution in [2.75, 3.05) is 13.2 Å². The number of aromatic carboxylic acids is 1. The van der Waals surface area contributed by atoms with E-state index in [9.17, 15) is 19.4 Å². The average molecular weight is 471 g/mol. The smallest absolute Gasteiger partial charge is 0.339 e. The van der Waals surface area contributed by atoms with Gasteiger partial charge in [-0.05, 0) is 66.9 Å². The molecule has 35 heavy (non-hydrogen) atoms. The molecule has 2 aromatic heterocycles. The first kappa shape index (κ1) is 21.4. The molecule has 3 aromatic carbocycles. The van der Waals surface area contributed by atoms with Gasteiger partial charge in [0.1, 0.15) is 17.1 Å². The van der Waals surface area contributed by atoms with Crippen molar-refractivity contribution in [2.24, 2.45) is 0 Å². The van der Waals surface area contributed by atoms with Crippen molar-refractivity contribution in [2.45, 2.75) is 18.8 Å². The third kappa shape index (κ3) is 3.54. The number of hydrogen-bond donors (Lipinski definition) is 3. The first-order chi connectivity index (χ1) is 17.0. The maximum absolute atomic E-state index is 13.8. The second-order valence-corrected chi connectivity index (χ2v) is 8.82. The lowest BCUT2D eigenvalue weighted by atomic mass is 9.89. The zero-order valence-electron chi connectivity index (χ0n) is 18.7. The third-order valence-electron chi connectivity index (χ3n) is 6.77. The van der Waals surface area contributed by atoms with Crippen LogP contribution in [0.25, 0.3) is 38.6 Å². The summed E-state index contributed by atoms with van der Waals surface area (Å²) >= 11 is 0. The number of aromatic nitrogens is 3. The van der Waals surface area contributed by atoms with Crippen molar-refractivity contribution in [1.29, 1.82) is 0 Å². The molecule has 176 valence electrons. The molecule has 8 heteroatoms. The highest BCUT2D eigenvalue weighted by Crippen LogP contribution is 2.45. The summed E-state index contributed by atoms with van der Waals surface area (Å²) in [7, 11) is 0. The van der Waals surface area contributed by atoms with E-state index in [0.29, 0.717) is 18.8 Å². The fourth-order valence-electron chi connectivity index (χ4n) is 5.14. The van der Waals surface area contributed by atoms with E-state index >= 15 is 0 Å². The largest absolute Gasteiger partial charge is 0.507 e. The van der Waals surface area contributed by atoms with E-state index in [1.807, 2.05) is 12.1 Å². The quantitative estimate of drug-likeness (QED) is 0.316. The molecule has 7 nitrogen and oxygen atoms in total. The maximum Gasteiger partial charge on any atom is 0.339 e. The predicted octanol–water partition coefficient (Wildman–Crippen LogP) is 5.61. The number of aromatic amines is 1. The number of carboxylic acid groups (broad SMARTS) is 1. The number of halogens is 1. The lowest BCUT2D eigenvalue weighted by molar-refractivity contribution is 0.0693. The molecule has 1 aliphatic heterocycles. The highest BCUT2D eigenvalue weighted by atomic mass is 19.1. The number of hydrogen-bond acceptors (Lipinski definition) is 4. The number of carbonyl (C=O) groups is 1. The molecule has 6 rings (SSSR count). The number of nitrogens with zero attached hydrogens (tertiary/aromatic N) is 2. The van der Waals surface area contributed by atoms with Crippen LogP contribution >= 0.6 is 0 Å². The van der Waals surface area contributed by atoms with E-state index in [2.05, 4.69) is 14.8 Å². The maximum atomic E-state index is 13.8. The molecule has 0 bridgehead atoms. The molecule has 1 fully saturated rings. The molecule has 0 amide bonds. The van der Waals surface area contributed by atoms with Crippen LogP contribution in [-0.4, -0.2) is 44.2 Å². The number of benzene rings is 3. The lowest BCUT2D eigenvalue weighted by Crippen LogP contribution is -2.17. The van der Waals surface area contributed by atoms with Crippen molar-refractivity contribution >= 4 is 27.8 Å². The predicted molar refractivity (Wildman–Crippen MR) is 130 cm³/mol. The summed E-state index contributed by atoms with van der Waals surface area (Å²) in [6.07, 6.45) is 3.36. The van der Waals surface area contributed by atoms with E-state index in [1.54, 1.807) is 24.4 Å². The molecule has 0 saturated carbocycles. The van der Waals surface area contributed by atoms with Crippen LogP contribution in [0.15, 0.2) is 60.8 Å². The standard InChI is InChI=1S/C27H22FN3O4/c28-18-2-4-19(5-3-18)31-23-12-17-14-29-30-22(17)13-20(23)25(26(31)15-7-9-35-10-8-15)16-1-6-24(32)21(11-16)27(33)34/h1-6,11-15,32H,7-10H2,(H,29,30)(H,33,34). The van der Waals surface area contributed by atoms with Gasteiger partial charge >= 0.3 is 5.97 Å². The average Bonchev–Trinajstić information content (AvgIpc) is 3.46. The number of H-pyrrole nitrogens is 1. The van der Waals surface area contributed by atoms with E-state index < -0.39 is 5.97 Å². The van der Waals surface area contributed by atoms with Crippen LogP contribution in [0.3, 0.4) is 0 Å². The molecule has 0 aliphatic carbocycles. The summed E-state index contributed by atoms with van der Waals surface area (Å²) in [5, 5.41) is 28.9. The molecule has 3 heterocycles. The van der Waals surface area contributed by atoms with Crippen LogP contribution in [-0.2, 0) is 4.74 Å². The lowest BCUT2D eigenvalue weighted by Gasteiger charge is -2.26. The number of aromatic hydroxyl groups is 1. The van der Waals surface area contributed by atoms with Gasteiger partial charge in [-0.2, -0.15) is 5.10 Å². The van der Waals surface area contributed by atoms with Gasteiger partial charge in [-0.1, -0.05) is 6.07 Å². The Labute approximate surface area is 199 Å². The Morgan fingerprint density at radius 2 is 1.86 bits per heavy atom. The van der Waals surface area contributed by atoms with Crippen molar-refractivity contribution in [3.63, 3.8) is 0 Å². The Morgan fingerprint density at radius 1 is 1.09 bits per heavy atom. The van der Waals surface area contributed by atoms with Gasteiger partial charge in [-0.15, -0.1) is 0 Å². The van der Waals surface area contributed by atoms with Crippen LogP contribution in [0.1, 0.15) is 34.8 Å². The minimum Gasteiger partial charge on any atom is -0.507 e.